The Balaban J connectivity index is 1.91. The van der Waals surface area contributed by atoms with E-state index in [0.717, 1.165) is 11.9 Å². The second kappa shape index (κ2) is 6.32. The van der Waals surface area contributed by atoms with Gasteiger partial charge in [-0.2, -0.15) is 4.98 Å². The van der Waals surface area contributed by atoms with Crippen molar-refractivity contribution in [3.05, 3.63) is 46.6 Å². The molecule has 2 rings (SSSR count). The van der Waals surface area contributed by atoms with Crippen molar-refractivity contribution in [2.45, 2.75) is 0 Å². The molecule has 8 nitrogen and oxygen atoms in total. The second-order valence-corrected chi connectivity index (χ2v) is 3.81. The van der Waals surface area contributed by atoms with Gasteiger partial charge in [0.25, 0.3) is 0 Å². The minimum atomic E-state index is -0.570. The van der Waals surface area contributed by atoms with Crippen LogP contribution in [0.2, 0.25) is 0 Å². The summed E-state index contributed by atoms with van der Waals surface area (Å²) in [6, 6.07) is 9.26. The van der Waals surface area contributed by atoms with E-state index in [-0.39, 0.29) is 17.5 Å². The molecule has 0 fully saturated rings. The van der Waals surface area contributed by atoms with Crippen LogP contribution in [0, 0.1) is 10.1 Å². The number of benzene rings is 1. The fourth-order valence-electron chi connectivity index (χ4n) is 1.51. The van der Waals surface area contributed by atoms with Crippen molar-refractivity contribution in [1.82, 2.24) is 9.97 Å². The third-order valence-electron chi connectivity index (χ3n) is 2.39. The largest absolute Gasteiger partial charge is 0.492 e. The van der Waals surface area contributed by atoms with Gasteiger partial charge in [0, 0.05) is 0 Å². The zero-order valence-electron chi connectivity index (χ0n) is 10.5. The average molecular weight is 275 g/mol. The quantitative estimate of drug-likeness (QED) is 0.465. The van der Waals surface area contributed by atoms with E-state index >= 15 is 0 Å². The van der Waals surface area contributed by atoms with E-state index in [0.29, 0.717) is 13.2 Å². The standard InChI is InChI=1S/C12H13N5O3/c13-12-15-8-10(17(18)19)11(16-12)14-6-7-20-9-4-2-1-3-5-9/h1-5,8H,6-7H2,(H3,13,14,15,16). The number of hydrogen-bond donors (Lipinski definition) is 2. The Morgan fingerprint density at radius 3 is 2.80 bits per heavy atom. The summed E-state index contributed by atoms with van der Waals surface area (Å²) in [5.41, 5.74) is 5.18. The Hall–Kier alpha value is -2.90. The maximum absolute atomic E-state index is 10.8. The smallest absolute Gasteiger partial charge is 0.329 e. The van der Waals surface area contributed by atoms with Crippen LogP contribution in [0.5, 0.6) is 5.75 Å². The second-order valence-electron chi connectivity index (χ2n) is 3.81. The third-order valence-corrected chi connectivity index (χ3v) is 2.39. The van der Waals surface area contributed by atoms with E-state index in [9.17, 15) is 10.1 Å². The lowest BCUT2D eigenvalue weighted by Gasteiger charge is -2.08. The highest BCUT2D eigenvalue weighted by molar-refractivity contribution is 5.56. The molecular weight excluding hydrogens is 262 g/mol. The van der Waals surface area contributed by atoms with Crippen molar-refractivity contribution in [3.8, 4) is 5.75 Å². The van der Waals surface area contributed by atoms with E-state index < -0.39 is 4.92 Å². The molecule has 1 aromatic heterocycles. The molecule has 8 heteroatoms. The molecule has 1 heterocycles. The Labute approximate surface area is 114 Å². The van der Waals surface area contributed by atoms with Crippen LogP contribution in [0.4, 0.5) is 17.5 Å². The molecule has 1 aromatic carbocycles. The Morgan fingerprint density at radius 1 is 1.35 bits per heavy atom. The molecule has 0 aliphatic heterocycles. The summed E-state index contributed by atoms with van der Waals surface area (Å²) >= 11 is 0. The van der Waals surface area contributed by atoms with E-state index in [1.807, 2.05) is 30.3 Å². The van der Waals surface area contributed by atoms with Crippen molar-refractivity contribution in [2.75, 3.05) is 24.2 Å². The minimum Gasteiger partial charge on any atom is -0.492 e. The number of nitrogens with one attached hydrogen (secondary N) is 1. The summed E-state index contributed by atoms with van der Waals surface area (Å²) in [6.07, 6.45) is 1.07. The van der Waals surface area contributed by atoms with Gasteiger partial charge in [-0.3, -0.25) is 10.1 Å². The number of nitro groups is 1. The fourth-order valence-corrected chi connectivity index (χ4v) is 1.51. The monoisotopic (exact) mass is 275 g/mol. The van der Waals surface area contributed by atoms with Crippen LogP contribution in [0.3, 0.4) is 0 Å². The summed E-state index contributed by atoms with van der Waals surface area (Å²) in [7, 11) is 0. The SMILES string of the molecule is Nc1ncc([N+](=O)[O-])c(NCCOc2ccccc2)n1. The van der Waals surface area contributed by atoms with Crippen LogP contribution >= 0.6 is 0 Å². The van der Waals surface area contributed by atoms with Crippen molar-refractivity contribution in [2.24, 2.45) is 0 Å². The highest BCUT2D eigenvalue weighted by Crippen LogP contribution is 2.20. The van der Waals surface area contributed by atoms with Crippen molar-refractivity contribution < 1.29 is 9.66 Å². The number of nitrogens with two attached hydrogens (primary N) is 1. The van der Waals surface area contributed by atoms with Crippen LogP contribution < -0.4 is 15.8 Å². The highest BCUT2D eigenvalue weighted by atomic mass is 16.6. The van der Waals surface area contributed by atoms with E-state index in [2.05, 4.69) is 15.3 Å². The number of ether oxygens (including phenoxy) is 1. The van der Waals surface area contributed by atoms with E-state index in [4.69, 9.17) is 10.5 Å². The predicted molar refractivity (Wildman–Crippen MR) is 73.5 cm³/mol. The van der Waals surface area contributed by atoms with Crippen molar-refractivity contribution in [1.29, 1.82) is 0 Å². The molecule has 0 bridgehead atoms. The third kappa shape index (κ3) is 3.55. The zero-order valence-corrected chi connectivity index (χ0v) is 10.5. The van der Waals surface area contributed by atoms with Gasteiger partial charge in [0.15, 0.2) is 0 Å². The van der Waals surface area contributed by atoms with E-state index in [1.54, 1.807) is 0 Å². The molecule has 3 N–H and O–H groups in total. The zero-order chi connectivity index (χ0) is 14.4. The maximum atomic E-state index is 10.8. The molecule has 0 aliphatic rings. The topological polar surface area (TPSA) is 116 Å². The van der Waals surface area contributed by atoms with Crippen LogP contribution in [0.15, 0.2) is 36.5 Å². The summed E-state index contributed by atoms with van der Waals surface area (Å²) in [5.74, 6) is 0.784. The maximum Gasteiger partial charge on any atom is 0.329 e. The van der Waals surface area contributed by atoms with Gasteiger partial charge in [0.05, 0.1) is 11.5 Å². The van der Waals surface area contributed by atoms with Crippen LogP contribution in [-0.4, -0.2) is 28.0 Å². The molecule has 0 unspecified atom stereocenters. The van der Waals surface area contributed by atoms with Gasteiger partial charge in [-0.1, -0.05) is 18.2 Å². The fraction of sp³-hybridized carbons (Fsp3) is 0.167. The first-order chi connectivity index (χ1) is 9.66. The number of aromatic nitrogens is 2. The average Bonchev–Trinajstić information content (AvgIpc) is 2.44. The van der Waals surface area contributed by atoms with E-state index in [1.165, 1.54) is 0 Å². The van der Waals surface area contributed by atoms with Gasteiger partial charge in [0.2, 0.25) is 11.8 Å². The molecule has 20 heavy (non-hydrogen) atoms. The number of hydrogen-bond acceptors (Lipinski definition) is 7. The van der Waals surface area contributed by atoms with Gasteiger partial charge in [-0.25, -0.2) is 4.98 Å². The minimum absolute atomic E-state index is 0.0259. The lowest BCUT2D eigenvalue weighted by molar-refractivity contribution is -0.384. The Bertz CT molecular complexity index is 591. The molecule has 2 aromatic rings. The molecule has 0 saturated carbocycles. The van der Waals surface area contributed by atoms with Gasteiger partial charge in [0.1, 0.15) is 18.6 Å². The van der Waals surface area contributed by atoms with Gasteiger partial charge >= 0.3 is 5.69 Å². The van der Waals surface area contributed by atoms with Crippen molar-refractivity contribution >= 4 is 17.5 Å². The summed E-state index contributed by atoms with van der Waals surface area (Å²) in [5, 5.41) is 13.6. The van der Waals surface area contributed by atoms with Crippen LogP contribution in [0.25, 0.3) is 0 Å². The normalized spacial score (nSPS) is 10.0. The molecule has 104 valence electrons. The first kappa shape index (κ1) is 13.5. The number of rotatable bonds is 6. The molecule has 0 amide bonds. The number of nitrogens with zero attached hydrogens (tertiary/aromatic N) is 3. The first-order valence-electron chi connectivity index (χ1n) is 5.85. The lowest BCUT2D eigenvalue weighted by atomic mass is 10.3. The Morgan fingerprint density at radius 2 is 2.10 bits per heavy atom. The van der Waals surface area contributed by atoms with Crippen molar-refractivity contribution in [3.63, 3.8) is 0 Å². The highest BCUT2D eigenvalue weighted by Gasteiger charge is 2.15. The Kier molecular flexibility index (Phi) is 4.28. The first-order valence-corrected chi connectivity index (χ1v) is 5.85. The molecule has 0 aliphatic carbocycles. The number of para-hydroxylation sites is 1. The van der Waals surface area contributed by atoms with Gasteiger partial charge < -0.3 is 15.8 Å². The number of anilines is 2. The van der Waals surface area contributed by atoms with Gasteiger partial charge in [-0.05, 0) is 12.1 Å². The molecule has 0 radical (unpaired) electrons. The number of nitrogen functional groups attached to an aromatic ring is 1. The molecule has 0 saturated heterocycles. The summed E-state index contributed by atoms with van der Waals surface area (Å²) < 4.78 is 5.45. The predicted octanol–water partition coefficient (Wildman–Crippen LogP) is 1.46. The molecule has 0 atom stereocenters. The van der Waals surface area contributed by atoms with Crippen LogP contribution in [0.1, 0.15) is 0 Å². The van der Waals surface area contributed by atoms with Crippen LogP contribution in [-0.2, 0) is 0 Å². The molecular formula is C12H13N5O3. The lowest BCUT2D eigenvalue weighted by Crippen LogP contribution is -2.14. The summed E-state index contributed by atoms with van der Waals surface area (Å²) in [4.78, 5) is 17.6. The molecule has 0 spiro atoms. The van der Waals surface area contributed by atoms with Gasteiger partial charge in [-0.15, -0.1) is 0 Å². The summed E-state index contributed by atoms with van der Waals surface area (Å²) in [6.45, 7) is 0.692.